The monoisotopic (exact) mass is 406 g/mol. The highest BCUT2D eigenvalue weighted by Gasteiger charge is 2.30. The van der Waals surface area contributed by atoms with Crippen molar-refractivity contribution < 1.29 is 18.0 Å². The van der Waals surface area contributed by atoms with Gasteiger partial charge in [0.25, 0.3) is 5.91 Å². The molecule has 2 aromatic rings. The fourth-order valence-corrected chi connectivity index (χ4v) is 3.43. The standard InChI is InChI=1S/C21H25F3N4O/c1-14(2)28-10-8-15(13-28)12-26-20(29)18-7-4-9-25-19(18)27-17-6-3-5-16(11-17)21(22,23)24/h3-7,9,11,14-15H,8,10,12-13H2,1-2H3,(H,25,27)(H,26,29). The molecule has 2 heterocycles. The maximum atomic E-state index is 12.9. The number of hydrogen-bond acceptors (Lipinski definition) is 4. The van der Waals surface area contributed by atoms with Gasteiger partial charge >= 0.3 is 6.18 Å². The Labute approximate surface area is 168 Å². The zero-order chi connectivity index (χ0) is 21.0. The fourth-order valence-electron chi connectivity index (χ4n) is 3.43. The Morgan fingerprint density at radius 2 is 2.07 bits per heavy atom. The van der Waals surface area contributed by atoms with Gasteiger partial charge in [-0.15, -0.1) is 0 Å². The van der Waals surface area contributed by atoms with Crippen LogP contribution in [0.3, 0.4) is 0 Å². The van der Waals surface area contributed by atoms with Crippen LogP contribution >= 0.6 is 0 Å². The first-order valence-corrected chi connectivity index (χ1v) is 9.65. The molecule has 1 aliphatic heterocycles. The first-order valence-electron chi connectivity index (χ1n) is 9.65. The topological polar surface area (TPSA) is 57.3 Å². The summed E-state index contributed by atoms with van der Waals surface area (Å²) in [6.45, 7) is 6.83. The summed E-state index contributed by atoms with van der Waals surface area (Å²) in [6, 6.07) is 8.53. The number of alkyl halides is 3. The predicted octanol–water partition coefficient (Wildman–Crippen LogP) is 4.30. The van der Waals surface area contributed by atoms with E-state index in [1.807, 2.05) is 0 Å². The third kappa shape index (κ3) is 5.47. The number of rotatable bonds is 6. The molecule has 1 saturated heterocycles. The van der Waals surface area contributed by atoms with Crippen LogP contribution < -0.4 is 10.6 Å². The normalized spacial score (nSPS) is 17.5. The molecule has 0 saturated carbocycles. The Morgan fingerprint density at radius 3 is 2.76 bits per heavy atom. The van der Waals surface area contributed by atoms with Crippen molar-refractivity contribution in [2.45, 2.75) is 32.5 Å². The van der Waals surface area contributed by atoms with Crippen LogP contribution in [0.2, 0.25) is 0 Å². The molecule has 1 aliphatic rings. The predicted molar refractivity (Wildman–Crippen MR) is 106 cm³/mol. The Bertz CT molecular complexity index is 854. The Hall–Kier alpha value is -2.61. The molecular formula is C21H25F3N4O. The van der Waals surface area contributed by atoms with Gasteiger partial charge in [-0.05, 0) is 63.1 Å². The Kier molecular flexibility index (Phi) is 6.42. The first-order chi connectivity index (χ1) is 13.7. The Morgan fingerprint density at radius 1 is 1.28 bits per heavy atom. The van der Waals surface area contributed by atoms with Crippen molar-refractivity contribution in [3.8, 4) is 0 Å². The van der Waals surface area contributed by atoms with E-state index >= 15 is 0 Å². The maximum absolute atomic E-state index is 12.9. The molecular weight excluding hydrogens is 381 g/mol. The second kappa shape index (κ2) is 8.82. The number of nitrogens with one attached hydrogen (secondary N) is 2. The van der Waals surface area contributed by atoms with Crippen molar-refractivity contribution in [2.75, 3.05) is 25.0 Å². The number of carbonyl (C=O) groups is 1. The van der Waals surface area contributed by atoms with Gasteiger partial charge in [-0.25, -0.2) is 4.98 Å². The summed E-state index contributed by atoms with van der Waals surface area (Å²) >= 11 is 0. The van der Waals surface area contributed by atoms with Gasteiger partial charge in [0.2, 0.25) is 0 Å². The number of aromatic nitrogens is 1. The summed E-state index contributed by atoms with van der Waals surface area (Å²) in [7, 11) is 0. The second-order valence-corrected chi connectivity index (χ2v) is 7.56. The minimum atomic E-state index is -4.44. The van der Waals surface area contributed by atoms with Crippen LogP contribution in [0.5, 0.6) is 0 Å². The van der Waals surface area contributed by atoms with Crippen molar-refractivity contribution in [2.24, 2.45) is 5.92 Å². The number of nitrogens with zero attached hydrogens (tertiary/aromatic N) is 2. The van der Waals surface area contributed by atoms with Crippen LogP contribution in [-0.4, -0.2) is 41.5 Å². The summed E-state index contributed by atoms with van der Waals surface area (Å²) in [6.07, 6.45) is -1.92. The van der Waals surface area contributed by atoms with E-state index in [1.165, 1.54) is 18.3 Å². The van der Waals surface area contributed by atoms with Crippen LogP contribution in [0.4, 0.5) is 24.7 Å². The van der Waals surface area contributed by atoms with Crippen LogP contribution in [-0.2, 0) is 6.18 Å². The lowest BCUT2D eigenvalue weighted by Crippen LogP contribution is -2.33. The third-order valence-electron chi connectivity index (χ3n) is 5.10. The summed E-state index contributed by atoms with van der Waals surface area (Å²) < 4.78 is 38.8. The molecule has 5 nitrogen and oxygen atoms in total. The largest absolute Gasteiger partial charge is 0.416 e. The van der Waals surface area contributed by atoms with Crippen LogP contribution in [0.25, 0.3) is 0 Å². The quantitative estimate of drug-likeness (QED) is 0.751. The molecule has 3 rings (SSSR count). The number of halogens is 3. The van der Waals surface area contributed by atoms with Gasteiger partial charge in [0.15, 0.2) is 0 Å². The molecule has 8 heteroatoms. The van der Waals surface area contributed by atoms with Crippen LogP contribution in [0, 0.1) is 5.92 Å². The molecule has 1 fully saturated rings. The van der Waals surface area contributed by atoms with Gasteiger partial charge < -0.3 is 15.5 Å². The summed E-state index contributed by atoms with van der Waals surface area (Å²) in [5.74, 6) is 0.313. The van der Waals surface area contributed by atoms with Gasteiger partial charge in [0.1, 0.15) is 5.82 Å². The molecule has 0 spiro atoms. The molecule has 156 valence electrons. The Balaban J connectivity index is 1.67. The number of carbonyl (C=O) groups excluding carboxylic acids is 1. The van der Waals surface area contributed by atoms with Gasteiger partial charge in [-0.3, -0.25) is 4.79 Å². The number of likely N-dealkylation sites (tertiary alicyclic amines) is 1. The number of pyridine rings is 1. The van der Waals surface area contributed by atoms with Crippen LogP contribution in [0.1, 0.15) is 36.2 Å². The van der Waals surface area contributed by atoms with E-state index in [-0.39, 0.29) is 17.4 Å². The van der Waals surface area contributed by atoms with E-state index in [0.29, 0.717) is 24.1 Å². The molecule has 1 amide bonds. The molecule has 1 aromatic carbocycles. The lowest BCUT2D eigenvalue weighted by Gasteiger charge is -2.20. The lowest BCUT2D eigenvalue weighted by atomic mass is 10.1. The summed E-state index contributed by atoms with van der Waals surface area (Å²) in [5, 5.41) is 5.77. The fraction of sp³-hybridized carbons (Fsp3) is 0.429. The molecule has 1 unspecified atom stereocenters. The summed E-state index contributed by atoms with van der Waals surface area (Å²) in [4.78, 5) is 19.2. The average Bonchev–Trinajstić information content (AvgIpc) is 3.15. The molecule has 0 bridgehead atoms. The second-order valence-electron chi connectivity index (χ2n) is 7.56. The minimum absolute atomic E-state index is 0.218. The number of hydrogen-bond donors (Lipinski definition) is 2. The maximum Gasteiger partial charge on any atom is 0.416 e. The molecule has 1 aromatic heterocycles. The van der Waals surface area contributed by atoms with E-state index < -0.39 is 11.7 Å². The van der Waals surface area contributed by atoms with E-state index in [0.717, 1.165) is 31.6 Å². The van der Waals surface area contributed by atoms with Crippen LogP contribution in [0.15, 0.2) is 42.6 Å². The van der Waals surface area contributed by atoms with Crippen molar-refractivity contribution >= 4 is 17.4 Å². The smallest absolute Gasteiger partial charge is 0.352 e. The third-order valence-corrected chi connectivity index (χ3v) is 5.10. The highest BCUT2D eigenvalue weighted by molar-refractivity contribution is 5.99. The number of benzene rings is 1. The molecule has 1 atom stereocenters. The van der Waals surface area contributed by atoms with Crippen molar-refractivity contribution in [1.82, 2.24) is 15.2 Å². The first kappa shape index (κ1) is 21.1. The van der Waals surface area contributed by atoms with E-state index in [9.17, 15) is 18.0 Å². The van der Waals surface area contributed by atoms with E-state index in [2.05, 4.69) is 34.4 Å². The van der Waals surface area contributed by atoms with Gasteiger partial charge in [0.05, 0.1) is 11.1 Å². The van der Waals surface area contributed by atoms with E-state index in [4.69, 9.17) is 0 Å². The molecule has 2 N–H and O–H groups in total. The highest BCUT2D eigenvalue weighted by Crippen LogP contribution is 2.31. The van der Waals surface area contributed by atoms with E-state index in [1.54, 1.807) is 12.1 Å². The van der Waals surface area contributed by atoms with Crippen molar-refractivity contribution in [3.05, 3.63) is 53.7 Å². The molecule has 0 aliphatic carbocycles. The van der Waals surface area contributed by atoms with Crippen molar-refractivity contribution in [1.29, 1.82) is 0 Å². The summed E-state index contributed by atoms with van der Waals surface area (Å²) in [5.41, 5.74) is -0.250. The zero-order valence-corrected chi connectivity index (χ0v) is 16.5. The highest BCUT2D eigenvalue weighted by atomic mass is 19.4. The average molecular weight is 406 g/mol. The van der Waals surface area contributed by atoms with Gasteiger partial charge in [-0.2, -0.15) is 13.2 Å². The SMILES string of the molecule is CC(C)N1CCC(CNC(=O)c2cccnc2Nc2cccc(C(F)(F)F)c2)C1. The zero-order valence-electron chi connectivity index (χ0n) is 16.5. The van der Waals surface area contributed by atoms with Gasteiger partial charge in [0, 0.05) is 31.0 Å². The number of anilines is 2. The number of amides is 1. The van der Waals surface area contributed by atoms with Crippen molar-refractivity contribution in [3.63, 3.8) is 0 Å². The molecule has 29 heavy (non-hydrogen) atoms. The molecule has 0 radical (unpaired) electrons. The minimum Gasteiger partial charge on any atom is -0.352 e. The lowest BCUT2D eigenvalue weighted by molar-refractivity contribution is -0.137. The van der Waals surface area contributed by atoms with Gasteiger partial charge in [-0.1, -0.05) is 6.07 Å².